The van der Waals surface area contributed by atoms with E-state index in [1.807, 2.05) is 19.1 Å². The van der Waals surface area contributed by atoms with Crippen molar-refractivity contribution in [3.8, 4) is 0 Å². The van der Waals surface area contributed by atoms with Crippen molar-refractivity contribution in [1.29, 1.82) is 0 Å². The van der Waals surface area contributed by atoms with Gasteiger partial charge in [0.2, 0.25) is 0 Å². The van der Waals surface area contributed by atoms with Crippen molar-refractivity contribution >= 4 is 47.0 Å². The Morgan fingerprint density at radius 2 is 1.81 bits per heavy atom. The van der Waals surface area contributed by atoms with E-state index in [4.69, 9.17) is 4.98 Å². The Kier molecular flexibility index (Phi) is 6.14. The van der Waals surface area contributed by atoms with Gasteiger partial charge in [0, 0.05) is 19.1 Å². The van der Waals surface area contributed by atoms with E-state index in [0.717, 1.165) is 47.0 Å². The fourth-order valence-corrected chi connectivity index (χ4v) is 5.39. The van der Waals surface area contributed by atoms with E-state index in [1.165, 1.54) is 4.90 Å². The Balaban J connectivity index is 0.00000231. The van der Waals surface area contributed by atoms with Crippen LogP contribution in [0.5, 0.6) is 0 Å². The molecule has 2 amide bonds. The average Bonchev–Trinajstić information content (AvgIpc) is 3.25. The van der Waals surface area contributed by atoms with Crippen molar-refractivity contribution < 1.29 is 9.59 Å². The molecule has 1 aromatic carbocycles. The Labute approximate surface area is 192 Å². The number of benzene rings is 1. The molecule has 0 spiro atoms. The van der Waals surface area contributed by atoms with Crippen LogP contribution in [0.2, 0.25) is 0 Å². The molecule has 8 heteroatoms. The Morgan fingerprint density at radius 3 is 2.52 bits per heavy atom. The lowest BCUT2D eigenvalue weighted by atomic mass is 9.95. The number of rotatable bonds is 4. The zero-order valence-electron chi connectivity index (χ0n) is 17.7. The highest BCUT2D eigenvalue weighted by molar-refractivity contribution is 7.59. The molecule has 0 saturated carbocycles. The summed E-state index contributed by atoms with van der Waals surface area (Å²) in [6.07, 6.45) is 2.07. The molecule has 1 fully saturated rings. The number of pyridine rings is 1. The van der Waals surface area contributed by atoms with Crippen LogP contribution in [0.4, 0.5) is 0 Å². The number of thiazole rings is 1. The topological polar surface area (TPSA) is 66.4 Å². The predicted molar refractivity (Wildman–Crippen MR) is 127 cm³/mol. The minimum atomic E-state index is -0.160. The molecule has 2 aliphatic heterocycles. The number of aryl methyl sites for hydroxylation is 1. The summed E-state index contributed by atoms with van der Waals surface area (Å²) < 4.78 is 1.12. The number of hydrogen-bond donors (Lipinski definition) is 0. The largest absolute Gasteiger partial charge is 0.295 e. The Morgan fingerprint density at radius 1 is 1.10 bits per heavy atom. The standard InChI is InChI=1S/C23H24N4O2S.H2S/c1-14(19-9-10-20-21(25-19)24-15(2)30-20)26-11-5-6-16(12-26)13-27-22(28)17-7-3-4-8-18(17)23(27)29;/h3-4,7-10,14,16H,5-6,11-13H2,1-2H3;1H2/t14?,16-;/m0./s1. The van der Waals surface area contributed by atoms with Gasteiger partial charge in [-0.15, -0.1) is 11.3 Å². The summed E-state index contributed by atoms with van der Waals surface area (Å²) in [6.45, 7) is 6.51. The molecule has 3 aromatic rings. The lowest BCUT2D eigenvalue weighted by Crippen LogP contribution is -2.43. The zero-order valence-corrected chi connectivity index (χ0v) is 19.5. The van der Waals surface area contributed by atoms with Crippen LogP contribution in [0.25, 0.3) is 10.3 Å². The summed E-state index contributed by atoms with van der Waals surface area (Å²) in [6, 6.07) is 11.5. The number of imide groups is 1. The maximum absolute atomic E-state index is 12.7. The maximum Gasteiger partial charge on any atom is 0.261 e. The fourth-order valence-electron chi connectivity index (χ4n) is 4.62. The van der Waals surface area contributed by atoms with Crippen LogP contribution in [0.15, 0.2) is 36.4 Å². The molecule has 5 rings (SSSR count). The summed E-state index contributed by atoms with van der Waals surface area (Å²) in [5.41, 5.74) is 2.90. The minimum Gasteiger partial charge on any atom is -0.295 e. The first kappa shape index (κ1) is 21.9. The van der Waals surface area contributed by atoms with E-state index >= 15 is 0 Å². The van der Waals surface area contributed by atoms with Gasteiger partial charge in [-0.1, -0.05) is 12.1 Å². The van der Waals surface area contributed by atoms with Gasteiger partial charge in [0.15, 0.2) is 5.65 Å². The molecule has 0 N–H and O–H groups in total. The van der Waals surface area contributed by atoms with Crippen molar-refractivity contribution in [1.82, 2.24) is 19.8 Å². The second-order valence-corrected chi connectivity index (χ2v) is 9.47. The SMILES string of the molecule is Cc1nc2nc(C(C)N3CCC[C@H](CN4C(=O)c5ccccc5C4=O)C3)ccc2s1.S. The van der Waals surface area contributed by atoms with Gasteiger partial charge in [-0.25, -0.2) is 9.97 Å². The van der Waals surface area contributed by atoms with E-state index in [9.17, 15) is 9.59 Å². The average molecular weight is 455 g/mol. The molecule has 2 aliphatic rings. The number of fused-ring (bicyclic) bond motifs is 2. The summed E-state index contributed by atoms with van der Waals surface area (Å²) in [7, 11) is 0. The lowest BCUT2D eigenvalue weighted by molar-refractivity contribution is 0.0566. The van der Waals surface area contributed by atoms with Gasteiger partial charge in [0.1, 0.15) is 0 Å². The zero-order chi connectivity index (χ0) is 20.8. The normalized spacial score (nSPS) is 20.1. The van der Waals surface area contributed by atoms with Crippen LogP contribution in [0, 0.1) is 12.8 Å². The molecule has 1 saturated heterocycles. The van der Waals surface area contributed by atoms with E-state index in [1.54, 1.807) is 23.5 Å². The highest BCUT2D eigenvalue weighted by Gasteiger charge is 2.37. The fraction of sp³-hybridized carbons (Fsp3) is 0.391. The van der Waals surface area contributed by atoms with Crippen molar-refractivity contribution in [2.75, 3.05) is 19.6 Å². The molecule has 0 bridgehead atoms. The van der Waals surface area contributed by atoms with Crippen LogP contribution < -0.4 is 0 Å². The van der Waals surface area contributed by atoms with Gasteiger partial charge in [-0.2, -0.15) is 13.5 Å². The molecule has 31 heavy (non-hydrogen) atoms. The van der Waals surface area contributed by atoms with Gasteiger partial charge in [-0.3, -0.25) is 19.4 Å². The quantitative estimate of drug-likeness (QED) is 0.553. The molecule has 6 nitrogen and oxygen atoms in total. The first-order chi connectivity index (χ1) is 14.5. The van der Waals surface area contributed by atoms with Crippen molar-refractivity contribution in [2.24, 2.45) is 5.92 Å². The third-order valence-electron chi connectivity index (χ3n) is 6.23. The number of aromatic nitrogens is 2. The number of nitrogens with zero attached hydrogens (tertiary/aromatic N) is 4. The molecule has 4 heterocycles. The molecule has 2 atom stereocenters. The first-order valence-corrected chi connectivity index (χ1v) is 11.3. The molecule has 162 valence electrons. The molecule has 0 radical (unpaired) electrons. The Hall–Kier alpha value is -2.29. The smallest absolute Gasteiger partial charge is 0.261 e. The summed E-state index contributed by atoms with van der Waals surface area (Å²) in [5, 5.41) is 1.03. The molecular formula is C23H26N4O2S2. The minimum absolute atomic E-state index is 0. The van der Waals surface area contributed by atoms with Crippen LogP contribution in [0.1, 0.15) is 57.2 Å². The van der Waals surface area contributed by atoms with Gasteiger partial charge in [-0.05, 0) is 63.4 Å². The van der Waals surface area contributed by atoms with Gasteiger partial charge >= 0.3 is 0 Å². The molecule has 0 aliphatic carbocycles. The summed E-state index contributed by atoms with van der Waals surface area (Å²) >= 11 is 1.66. The van der Waals surface area contributed by atoms with Crippen LogP contribution in [-0.2, 0) is 0 Å². The van der Waals surface area contributed by atoms with E-state index < -0.39 is 0 Å². The third kappa shape index (κ3) is 4.00. The van der Waals surface area contributed by atoms with Gasteiger partial charge < -0.3 is 0 Å². The predicted octanol–water partition coefficient (Wildman–Crippen LogP) is 4.18. The molecule has 2 aromatic heterocycles. The number of hydrogen-bond acceptors (Lipinski definition) is 6. The van der Waals surface area contributed by atoms with Crippen LogP contribution in [0.3, 0.4) is 0 Å². The Bertz CT molecular complexity index is 1110. The third-order valence-corrected chi connectivity index (χ3v) is 7.15. The second kappa shape index (κ2) is 8.68. The summed E-state index contributed by atoms with van der Waals surface area (Å²) in [5.74, 6) is -0.0488. The maximum atomic E-state index is 12.7. The monoisotopic (exact) mass is 454 g/mol. The number of carbonyl (C=O) groups excluding carboxylic acids is 2. The highest BCUT2D eigenvalue weighted by Crippen LogP contribution is 2.30. The molecular weight excluding hydrogens is 428 g/mol. The van der Waals surface area contributed by atoms with Crippen LogP contribution >= 0.6 is 24.8 Å². The lowest BCUT2D eigenvalue weighted by Gasteiger charge is -2.37. The van der Waals surface area contributed by atoms with Crippen molar-refractivity contribution in [3.05, 3.63) is 58.2 Å². The van der Waals surface area contributed by atoms with E-state index in [-0.39, 0.29) is 37.3 Å². The van der Waals surface area contributed by atoms with Gasteiger partial charge in [0.25, 0.3) is 11.8 Å². The number of carbonyl (C=O) groups is 2. The van der Waals surface area contributed by atoms with Gasteiger partial charge in [0.05, 0.1) is 26.5 Å². The molecule has 1 unspecified atom stereocenters. The van der Waals surface area contributed by atoms with Crippen molar-refractivity contribution in [2.45, 2.75) is 32.7 Å². The van der Waals surface area contributed by atoms with E-state index in [2.05, 4.69) is 28.9 Å². The number of likely N-dealkylation sites (tertiary alicyclic amines) is 1. The first-order valence-electron chi connectivity index (χ1n) is 10.4. The number of amides is 2. The second-order valence-electron chi connectivity index (χ2n) is 8.24. The number of piperidine rings is 1. The highest BCUT2D eigenvalue weighted by atomic mass is 32.1. The summed E-state index contributed by atoms with van der Waals surface area (Å²) in [4.78, 5) is 38.6. The van der Waals surface area contributed by atoms with Crippen molar-refractivity contribution in [3.63, 3.8) is 0 Å². The van der Waals surface area contributed by atoms with Crippen LogP contribution in [-0.4, -0.2) is 51.2 Å². The van der Waals surface area contributed by atoms with E-state index in [0.29, 0.717) is 17.7 Å².